The lowest BCUT2D eigenvalue weighted by atomic mass is 9.84. The third-order valence-electron chi connectivity index (χ3n) is 7.38. The second-order valence-corrected chi connectivity index (χ2v) is 13.2. The van der Waals surface area contributed by atoms with Crippen molar-refractivity contribution in [1.82, 2.24) is 15.1 Å². The van der Waals surface area contributed by atoms with Crippen LogP contribution in [0.5, 0.6) is 5.75 Å². The number of carbonyl (C=O) groups excluding carboxylic acids is 1. The van der Waals surface area contributed by atoms with Crippen LogP contribution in [0.15, 0.2) is 18.2 Å². The Morgan fingerprint density at radius 2 is 1.79 bits per heavy atom. The Balaban J connectivity index is 1.82. The molecule has 2 aromatic rings. The number of carbonyl (C=O) groups is 1. The van der Waals surface area contributed by atoms with Gasteiger partial charge in [0.2, 0.25) is 0 Å². The number of halogens is 5. The molecule has 218 valence electrons. The molecule has 0 radical (unpaired) electrons. The van der Waals surface area contributed by atoms with Crippen molar-refractivity contribution < 1.29 is 39.9 Å². The third kappa shape index (κ3) is 7.29. The minimum Gasteiger partial charge on any atom is -0.434 e. The summed E-state index contributed by atoms with van der Waals surface area (Å²) in [4.78, 5) is 13.0. The van der Waals surface area contributed by atoms with Crippen molar-refractivity contribution in [2.24, 2.45) is 18.4 Å². The van der Waals surface area contributed by atoms with E-state index in [2.05, 4.69) is 15.2 Å². The van der Waals surface area contributed by atoms with Crippen LogP contribution >= 0.6 is 0 Å². The van der Waals surface area contributed by atoms with Crippen LogP contribution in [0.3, 0.4) is 0 Å². The van der Waals surface area contributed by atoms with Crippen molar-refractivity contribution in [2.75, 3.05) is 12.8 Å². The number of nitrogens with zero attached hydrogens (tertiary/aromatic N) is 2. The molecule has 0 saturated heterocycles. The van der Waals surface area contributed by atoms with E-state index in [0.717, 1.165) is 19.9 Å². The van der Waals surface area contributed by atoms with Gasteiger partial charge in [-0.15, -0.1) is 0 Å². The van der Waals surface area contributed by atoms with Gasteiger partial charge in [0.05, 0.1) is 16.4 Å². The standard InChI is InChI=1S/C26H34F5N3O4S/c1-15-21(23(35)32-14-16-6-9-18(10-7-16)39(5,36)37)33-34(4)22(15)19-11-8-17(12-20(19)38-24(27)28)13-25(2,3)26(29,30)31/h8,11-12,16,18,24H,6-7,9-10,13-14H2,1-5H3,(H,32,35). The first-order valence-corrected chi connectivity index (χ1v) is 14.5. The van der Waals surface area contributed by atoms with E-state index >= 15 is 0 Å². The fourth-order valence-corrected chi connectivity index (χ4v) is 6.11. The molecular formula is C26H34F5N3O4S. The number of hydrogen-bond acceptors (Lipinski definition) is 5. The van der Waals surface area contributed by atoms with E-state index in [9.17, 15) is 35.2 Å². The fraction of sp³-hybridized carbons (Fsp3) is 0.615. The number of amides is 1. The normalized spacial score (nSPS) is 18.8. The van der Waals surface area contributed by atoms with Gasteiger partial charge in [-0.2, -0.15) is 27.1 Å². The number of sulfone groups is 1. The highest BCUT2D eigenvalue weighted by molar-refractivity contribution is 7.91. The highest BCUT2D eigenvalue weighted by Gasteiger charge is 2.47. The number of aromatic nitrogens is 2. The zero-order valence-corrected chi connectivity index (χ0v) is 23.3. The molecule has 1 saturated carbocycles. The zero-order valence-electron chi connectivity index (χ0n) is 22.5. The summed E-state index contributed by atoms with van der Waals surface area (Å²) in [7, 11) is -1.57. The number of alkyl halides is 5. The van der Waals surface area contributed by atoms with E-state index in [1.807, 2.05) is 0 Å². The molecule has 1 fully saturated rings. The molecule has 39 heavy (non-hydrogen) atoms. The summed E-state index contributed by atoms with van der Waals surface area (Å²) in [6, 6.07) is 3.97. The quantitative estimate of drug-likeness (QED) is 0.399. The van der Waals surface area contributed by atoms with Crippen molar-refractivity contribution in [1.29, 1.82) is 0 Å². The fourth-order valence-electron chi connectivity index (χ4n) is 4.98. The minimum absolute atomic E-state index is 0.0719. The molecule has 3 rings (SSSR count). The predicted molar refractivity (Wildman–Crippen MR) is 136 cm³/mol. The van der Waals surface area contributed by atoms with Crippen LogP contribution in [0, 0.1) is 18.3 Å². The third-order valence-corrected chi connectivity index (χ3v) is 9.06. The summed E-state index contributed by atoms with van der Waals surface area (Å²) >= 11 is 0. The Morgan fingerprint density at radius 1 is 1.18 bits per heavy atom. The van der Waals surface area contributed by atoms with Gasteiger partial charge >= 0.3 is 12.8 Å². The minimum atomic E-state index is -4.50. The maximum Gasteiger partial charge on any atom is 0.394 e. The van der Waals surface area contributed by atoms with E-state index in [1.54, 1.807) is 6.92 Å². The van der Waals surface area contributed by atoms with E-state index in [0.29, 0.717) is 43.5 Å². The lowest BCUT2D eigenvalue weighted by molar-refractivity contribution is -0.211. The van der Waals surface area contributed by atoms with Gasteiger partial charge < -0.3 is 10.1 Å². The molecule has 13 heteroatoms. The highest BCUT2D eigenvalue weighted by Crippen LogP contribution is 2.42. The second-order valence-electron chi connectivity index (χ2n) is 10.9. The highest BCUT2D eigenvalue weighted by atomic mass is 32.2. The van der Waals surface area contributed by atoms with Crippen molar-refractivity contribution >= 4 is 15.7 Å². The first-order chi connectivity index (χ1) is 17.9. The summed E-state index contributed by atoms with van der Waals surface area (Å²) in [5.74, 6) is -0.671. The van der Waals surface area contributed by atoms with Crippen molar-refractivity contribution in [3.8, 4) is 17.0 Å². The van der Waals surface area contributed by atoms with Crippen LogP contribution in [0.25, 0.3) is 11.3 Å². The summed E-state index contributed by atoms with van der Waals surface area (Å²) in [6.45, 7) is 0.777. The van der Waals surface area contributed by atoms with Crippen molar-refractivity contribution in [3.05, 3.63) is 35.0 Å². The predicted octanol–water partition coefficient (Wildman–Crippen LogP) is 5.46. The first kappa shape index (κ1) is 30.8. The van der Waals surface area contributed by atoms with E-state index in [-0.39, 0.29) is 33.7 Å². The summed E-state index contributed by atoms with van der Waals surface area (Å²) in [6.07, 6.45) is -1.31. The van der Waals surface area contributed by atoms with Gasteiger partial charge in [0.1, 0.15) is 15.6 Å². The molecule has 7 nitrogen and oxygen atoms in total. The molecule has 1 heterocycles. The molecule has 0 bridgehead atoms. The first-order valence-electron chi connectivity index (χ1n) is 12.6. The summed E-state index contributed by atoms with van der Waals surface area (Å²) < 4.78 is 96.2. The number of benzene rings is 1. The van der Waals surface area contributed by atoms with Crippen LogP contribution in [-0.2, 0) is 23.3 Å². The Morgan fingerprint density at radius 3 is 2.33 bits per heavy atom. The molecule has 1 N–H and O–H groups in total. The molecule has 1 aliphatic rings. The molecular weight excluding hydrogens is 545 g/mol. The Labute approximate surface area is 225 Å². The molecule has 0 atom stereocenters. The lowest BCUT2D eigenvalue weighted by Crippen LogP contribution is -2.34. The van der Waals surface area contributed by atoms with Gasteiger partial charge in [-0.1, -0.05) is 19.9 Å². The Bertz CT molecular complexity index is 1300. The second kappa shape index (κ2) is 11.4. The number of rotatable bonds is 9. The van der Waals surface area contributed by atoms with Crippen LogP contribution in [0.1, 0.15) is 61.1 Å². The van der Waals surface area contributed by atoms with Gasteiger partial charge in [-0.05, 0) is 62.6 Å². The molecule has 1 aromatic heterocycles. The number of ether oxygens (including phenoxy) is 1. The monoisotopic (exact) mass is 579 g/mol. The topological polar surface area (TPSA) is 90.3 Å². The van der Waals surface area contributed by atoms with Crippen LogP contribution < -0.4 is 10.1 Å². The molecule has 0 unspecified atom stereocenters. The molecule has 1 aromatic carbocycles. The SMILES string of the molecule is Cc1c(C(=O)NCC2CCC(S(C)(=O)=O)CC2)nn(C)c1-c1ccc(CC(C)(C)C(F)(F)F)cc1OC(F)F. The largest absolute Gasteiger partial charge is 0.434 e. The van der Waals surface area contributed by atoms with Crippen molar-refractivity contribution in [3.63, 3.8) is 0 Å². The summed E-state index contributed by atoms with van der Waals surface area (Å²) in [5, 5.41) is 6.73. The lowest BCUT2D eigenvalue weighted by Gasteiger charge is -2.28. The smallest absolute Gasteiger partial charge is 0.394 e. The molecule has 0 aliphatic heterocycles. The number of aryl methyl sites for hydroxylation is 1. The number of nitrogens with one attached hydrogen (secondary N) is 1. The molecule has 1 aliphatic carbocycles. The van der Waals surface area contributed by atoms with Gasteiger partial charge in [0.25, 0.3) is 5.91 Å². The van der Waals surface area contributed by atoms with Gasteiger partial charge in [-0.3, -0.25) is 9.48 Å². The molecule has 0 spiro atoms. The van der Waals surface area contributed by atoms with E-state index in [4.69, 9.17) is 0 Å². The van der Waals surface area contributed by atoms with Crippen molar-refractivity contribution in [2.45, 2.75) is 70.9 Å². The maximum atomic E-state index is 13.4. The number of hydrogen-bond donors (Lipinski definition) is 1. The van der Waals surface area contributed by atoms with E-state index in [1.165, 1.54) is 30.1 Å². The Hall–Kier alpha value is -2.70. The average molecular weight is 580 g/mol. The van der Waals surface area contributed by atoms with Crippen LogP contribution in [-0.4, -0.2) is 54.9 Å². The van der Waals surface area contributed by atoms with Crippen LogP contribution in [0.4, 0.5) is 22.0 Å². The average Bonchev–Trinajstić information content (AvgIpc) is 3.10. The Kier molecular flexibility index (Phi) is 9.03. The van der Waals surface area contributed by atoms with Crippen LogP contribution in [0.2, 0.25) is 0 Å². The summed E-state index contributed by atoms with van der Waals surface area (Å²) in [5.41, 5.74) is -0.990. The van der Waals surface area contributed by atoms with Gasteiger partial charge in [-0.25, -0.2) is 8.42 Å². The van der Waals surface area contributed by atoms with E-state index < -0.39 is 40.4 Å². The molecule has 1 amide bonds. The van der Waals surface area contributed by atoms with Gasteiger partial charge in [0.15, 0.2) is 5.69 Å². The zero-order chi connectivity index (χ0) is 29.3. The maximum absolute atomic E-state index is 13.4. The van der Waals surface area contributed by atoms with Gasteiger partial charge in [0, 0.05) is 31.0 Å².